The van der Waals surface area contributed by atoms with Gasteiger partial charge in [0.1, 0.15) is 5.82 Å². The van der Waals surface area contributed by atoms with E-state index in [0.717, 1.165) is 35.4 Å². The molecule has 1 aliphatic rings. The highest BCUT2D eigenvalue weighted by Gasteiger charge is 2.18. The predicted octanol–water partition coefficient (Wildman–Crippen LogP) is 3.38. The van der Waals surface area contributed by atoms with Crippen molar-refractivity contribution < 1.29 is 4.79 Å². The quantitative estimate of drug-likeness (QED) is 0.489. The molecule has 9 heteroatoms. The summed E-state index contributed by atoms with van der Waals surface area (Å²) in [6, 6.07) is 9.72. The van der Waals surface area contributed by atoms with Crippen LogP contribution < -0.4 is 15.5 Å². The van der Waals surface area contributed by atoms with Crippen molar-refractivity contribution in [1.82, 2.24) is 29.9 Å². The summed E-state index contributed by atoms with van der Waals surface area (Å²) in [6.07, 6.45) is 8.21. The summed E-state index contributed by atoms with van der Waals surface area (Å²) in [4.78, 5) is 27.5. The van der Waals surface area contributed by atoms with Crippen LogP contribution in [0.25, 0.3) is 16.8 Å². The SMILES string of the molecule is CC(C)c1cnn2ccc(-c3ccnc(Nc4ccc(N5CCCNCC5=O)cn4)n3)cc12. The number of aromatic nitrogens is 5. The molecule has 33 heavy (non-hydrogen) atoms. The fraction of sp³-hybridized carbons (Fsp3) is 0.292. The Morgan fingerprint density at radius 1 is 1.12 bits per heavy atom. The highest BCUT2D eigenvalue weighted by Crippen LogP contribution is 2.26. The summed E-state index contributed by atoms with van der Waals surface area (Å²) in [6.45, 7) is 6.20. The first-order chi connectivity index (χ1) is 16.1. The molecule has 0 atom stereocenters. The molecule has 4 aromatic rings. The van der Waals surface area contributed by atoms with E-state index in [1.807, 2.05) is 41.2 Å². The Hall–Kier alpha value is -3.85. The molecule has 0 bridgehead atoms. The highest BCUT2D eigenvalue weighted by molar-refractivity contribution is 5.95. The maximum Gasteiger partial charge on any atom is 0.240 e. The van der Waals surface area contributed by atoms with E-state index in [0.29, 0.717) is 30.8 Å². The molecule has 0 radical (unpaired) electrons. The molecule has 1 amide bonds. The van der Waals surface area contributed by atoms with Gasteiger partial charge in [-0.25, -0.2) is 19.5 Å². The van der Waals surface area contributed by atoms with Gasteiger partial charge in [0.05, 0.1) is 35.8 Å². The van der Waals surface area contributed by atoms with Gasteiger partial charge < -0.3 is 15.5 Å². The lowest BCUT2D eigenvalue weighted by Gasteiger charge is -2.20. The Morgan fingerprint density at radius 2 is 2.03 bits per heavy atom. The number of nitrogens with zero attached hydrogens (tertiary/aromatic N) is 6. The summed E-state index contributed by atoms with van der Waals surface area (Å²) in [5.74, 6) is 1.52. The lowest BCUT2D eigenvalue weighted by Crippen LogP contribution is -2.34. The van der Waals surface area contributed by atoms with Gasteiger partial charge in [-0.1, -0.05) is 13.8 Å². The van der Waals surface area contributed by atoms with Crippen LogP contribution in [0.4, 0.5) is 17.5 Å². The molecule has 5 rings (SSSR count). The average molecular weight is 443 g/mol. The summed E-state index contributed by atoms with van der Waals surface area (Å²) < 4.78 is 1.88. The van der Waals surface area contributed by atoms with E-state index in [9.17, 15) is 4.79 Å². The maximum absolute atomic E-state index is 12.3. The van der Waals surface area contributed by atoms with Crippen molar-refractivity contribution >= 4 is 28.9 Å². The first kappa shape index (κ1) is 21.0. The third kappa shape index (κ3) is 4.40. The molecule has 1 aliphatic heterocycles. The van der Waals surface area contributed by atoms with Crippen molar-refractivity contribution in [2.75, 3.05) is 29.9 Å². The molecule has 0 unspecified atom stereocenters. The van der Waals surface area contributed by atoms with Gasteiger partial charge >= 0.3 is 0 Å². The van der Waals surface area contributed by atoms with Crippen molar-refractivity contribution in [3.8, 4) is 11.3 Å². The molecule has 1 fully saturated rings. The Balaban J connectivity index is 1.36. The Kier molecular flexibility index (Phi) is 5.70. The zero-order valence-electron chi connectivity index (χ0n) is 18.7. The first-order valence-electron chi connectivity index (χ1n) is 11.1. The van der Waals surface area contributed by atoms with E-state index in [4.69, 9.17) is 0 Å². The van der Waals surface area contributed by atoms with E-state index in [2.05, 4.69) is 50.6 Å². The van der Waals surface area contributed by atoms with Crippen LogP contribution >= 0.6 is 0 Å². The van der Waals surface area contributed by atoms with Crippen LogP contribution in [-0.2, 0) is 4.79 Å². The number of nitrogens with one attached hydrogen (secondary N) is 2. The van der Waals surface area contributed by atoms with Crippen LogP contribution in [0, 0.1) is 0 Å². The smallest absolute Gasteiger partial charge is 0.240 e. The Bertz CT molecular complexity index is 1280. The standard InChI is InChI=1S/C24H26N8O/c1-16(2)19-14-28-32-11-7-17(12-21(19)32)20-6-9-26-24(29-20)30-22-5-4-18(13-27-22)31-10-3-8-25-15-23(31)33/h4-7,9,11-14,16,25H,3,8,10,15H2,1-2H3,(H,26,27,29,30). The third-order valence-corrected chi connectivity index (χ3v) is 5.74. The van der Waals surface area contributed by atoms with Gasteiger partial charge in [0.15, 0.2) is 0 Å². The monoisotopic (exact) mass is 442 g/mol. The Morgan fingerprint density at radius 3 is 2.85 bits per heavy atom. The van der Waals surface area contributed by atoms with Gasteiger partial charge in [-0.15, -0.1) is 0 Å². The topological polar surface area (TPSA) is 100 Å². The van der Waals surface area contributed by atoms with Gasteiger partial charge in [-0.3, -0.25) is 4.79 Å². The second-order valence-corrected chi connectivity index (χ2v) is 8.37. The number of fused-ring (bicyclic) bond motifs is 1. The number of anilines is 3. The number of carbonyl (C=O) groups excluding carboxylic acids is 1. The minimum atomic E-state index is 0.0572. The van der Waals surface area contributed by atoms with Crippen LogP contribution in [0.3, 0.4) is 0 Å². The van der Waals surface area contributed by atoms with Crippen LogP contribution in [0.2, 0.25) is 0 Å². The number of rotatable bonds is 5. The van der Waals surface area contributed by atoms with Crippen molar-refractivity contribution in [1.29, 1.82) is 0 Å². The minimum absolute atomic E-state index is 0.0572. The summed E-state index contributed by atoms with van der Waals surface area (Å²) >= 11 is 0. The second kappa shape index (κ2) is 8.95. The van der Waals surface area contributed by atoms with E-state index in [1.54, 1.807) is 17.3 Å². The molecule has 5 heterocycles. The molecule has 1 saturated heterocycles. The van der Waals surface area contributed by atoms with Gasteiger partial charge in [0, 0.05) is 30.1 Å². The molecule has 168 valence electrons. The van der Waals surface area contributed by atoms with Crippen molar-refractivity contribution in [3.05, 3.63) is 60.7 Å². The van der Waals surface area contributed by atoms with E-state index < -0.39 is 0 Å². The molecule has 0 spiro atoms. The number of pyridine rings is 2. The van der Waals surface area contributed by atoms with Crippen molar-refractivity contribution in [3.63, 3.8) is 0 Å². The largest absolute Gasteiger partial charge is 0.310 e. The molecule has 0 aliphatic carbocycles. The second-order valence-electron chi connectivity index (χ2n) is 8.37. The summed E-state index contributed by atoms with van der Waals surface area (Å²) in [5, 5.41) is 10.7. The predicted molar refractivity (Wildman–Crippen MR) is 128 cm³/mol. The number of carbonyl (C=O) groups is 1. The number of hydrogen-bond acceptors (Lipinski definition) is 7. The van der Waals surface area contributed by atoms with Crippen molar-refractivity contribution in [2.45, 2.75) is 26.2 Å². The zero-order valence-corrected chi connectivity index (χ0v) is 18.7. The molecule has 9 nitrogen and oxygen atoms in total. The highest BCUT2D eigenvalue weighted by atomic mass is 16.2. The Labute approximate surface area is 191 Å². The van der Waals surface area contributed by atoms with Crippen LogP contribution in [0.15, 0.2) is 55.1 Å². The fourth-order valence-electron chi connectivity index (χ4n) is 3.97. The van der Waals surface area contributed by atoms with Gasteiger partial charge in [-0.2, -0.15) is 5.10 Å². The van der Waals surface area contributed by atoms with Gasteiger partial charge in [-0.05, 0) is 49.2 Å². The minimum Gasteiger partial charge on any atom is -0.310 e. The zero-order chi connectivity index (χ0) is 22.8. The van der Waals surface area contributed by atoms with Gasteiger partial charge in [0.2, 0.25) is 11.9 Å². The van der Waals surface area contributed by atoms with E-state index >= 15 is 0 Å². The number of hydrogen-bond donors (Lipinski definition) is 2. The van der Waals surface area contributed by atoms with Crippen LogP contribution in [0.1, 0.15) is 31.7 Å². The molecule has 4 aromatic heterocycles. The fourth-order valence-corrected chi connectivity index (χ4v) is 3.97. The summed E-state index contributed by atoms with van der Waals surface area (Å²) in [5.41, 5.74) is 4.87. The lowest BCUT2D eigenvalue weighted by molar-refractivity contribution is -0.117. The molecule has 0 saturated carbocycles. The normalized spacial score (nSPS) is 14.6. The third-order valence-electron chi connectivity index (χ3n) is 5.74. The maximum atomic E-state index is 12.3. The van der Waals surface area contributed by atoms with Gasteiger partial charge in [0.25, 0.3) is 0 Å². The van der Waals surface area contributed by atoms with E-state index in [1.165, 1.54) is 5.56 Å². The van der Waals surface area contributed by atoms with Crippen LogP contribution in [0.5, 0.6) is 0 Å². The molecule has 2 N–H and O–H groups in total. The lowest BCUT2D eigenvalue weighted by atomic mass is 10.0. The number of amides is 1. The van der Waals surface area contributed by atoms with Crippen molar-refractivity contribution in [2.24, 2.45) is 0 Å². The van der Waals surface area contributed by atoms with E-state index in [-0.39, 0.29) is 5.91 Å². The molecular weight excluding hydrogens is 416 g/mol. The average Bonchev–Trinajstić information content (AvgIpc) is 3.14. The summed E-state index contributed by atoms with van der Waals surface area (Å²) in [7, 11) is 0. The molecular formula is C24H26N8O. The van der Waals surface area contributed by atoms with Crippen LogP contribution in [-0.4, -0.2) is 50.1 Å². The first-order valence-corrected chi connectivity index (χ1v) is 11.1. The molecule has 0 aromatic carbocycles.